The van der Waals surface area contributed by atoms with E-state index in [-0.39, 0.29) is 31.6 Å². The van der Waals surface area contributed by atoms with Gasteiger partial charge in [0.1, 0.15) is 5.60 Å². The van der Waals surface area contributed by atoms with E-state index < -0.39 is 5.60 Å². The number of rotatable bonds is 11. The lowest BCUT2D eigenvalue weighted by Crippen LogP contribution is -2.40. The Kier molecular flexibility index (Phi) is 9.32. The first-order valence-electron chi connectivity index (χ1n) is 10.1. The van der Waals surface area contributed by atoms with Gasteiger partial charge in [-0.1, -0.05) is 60.7 Å². The lowest BCUT2D eigenvalue weighted by atomic mass is 10.1. The zero-order chi connectivity index (χ0) is 21.1. The van der Waals surface area contributed by atoms with Crippen molar-refractivity contribution < 1.29 is 19.4 Å². The van der Waals surface area contributed by atoms with Gasteiger partial charge in [0.15, 0.2) is 0 Å². The molecule has 1 N–H and O–H groups in total. The van der Waals surface area contributed by atoms with Crippen molar-refractivity contribution in [3.05, 3.63) is 71.8 Å². The van der Waals surface area contributed by atoms with E-state index >= 15 is 0 Å². The van der Waals surface area contributed by atoms with Gasteiger partial charge in [0.2, 0.25) is 0 Å². The van der Waals surface area contributed by atoms with Gasteiger partial charge in [-0.25, -0.2) is 0 Å². The van der Waals surface area contributed by atoms with Crippen molar-refractivity contribution in [3.63, 3.8) is 0 Å². The second-order valence-electron chi connectivity index (χ2n) is 8.12. The van der Waals surface area contributed by atoms with Gasteiger partial charge in [0.05, 0.1) is 32.3 Å². The fourth-order valence-corrected chi connectivity index (χ4v) is 2.99. The molecule has 5 heteroatoms. The highest BCUT2D eigenvalue weighted by Crippen LogP contribution is 2.14. The third-order valence-electron chi connectivity index (χ3n) is 4.36. The zero-order valence-electron chi connectivity index (χ0n) is 17.7. The van der Waals surface area contributed by atoms with Crippen LogP contribution in [0.15, 0.2) is 60.7 Å². The molecule has 29 heavy (non-hydrogen) atoms. The van der Waals surface area contributed by atoms with Crippen LogP contribution in [0.5, 0.6) is 0 Å². The second-order valence-corrected chi connectivity index (χ2v) is 8.12. The van der Waals surface area contributed by atoms with E-state index in [9.17, 15) is 9.90 Å². The molecule has 0 bridgehead atoms. The molecule has 0 saturated heterocycles. The fraction of sp³-hybridized carbons (Fsp3) is 0.458. The molecule has 0 aliphatic carbocycles. The summed E-state index contributed by atoms with van der Waals surface area (Å²) in [5.41, 5.74) is 1.86. The molecule has 5 nitrogen and oxygen atoms in total. The van der Waals surface area contributed by atoms with E-state index in [1.807, 2.05) is 57.2 Å². The fourth-order valence-electron chi connectivity index (χ4n) is 2.99. The number of carbonyl (C=O) groups excluding carboxylic acids is 1. The number of carbonyl (C=O) groups is 1. The van der Waals surface area contributed by atoms with Gasteiger partial charge < -0.3 is 14.6 Å². The minimum atomic E-state index is -0.493. The molecule has 158 valence electrons. The first-order chi connectivity index (χ1) is 13.9. The topological polar surface area (TPSA) is 59.0 Å². The third kappa shape index (κ3) is 9.22. The van der Waals surface area contributed by atoms with E-state index in [1.165, 1.54) is 11.1 Å². The molecule has 0 spiro atoms. The molecular formula is C24H33NO4. The number of hydrogen-bond donors (Lipinski definition) is 1. The van der Waals surface area contributed by atoms with Gasteiger partial charge in [-0.3, -0.25) is 9.69 Å². The number of aliphatic hydroxyl groups is 1. The second kappa shape index (κ2) is 11.7. The first kappa shape index (κ1) is 23.1. The largest absolute Gasteiger partial charge is 0.460 e. The molecule has 0 radical (unpaired) electrons. The summed E-state index contributed by atoms with van der Waals surface area (Å²) < 4.78 is 11.0. The molecule has 0 saturated carbocycles. The molecule has 0 aliphatic heterocycles. The van der Waals surface area contributed by atoms with Crippen LogP contribution in [0.3, 0.4) is 0 Å². The maximum Gasteiger partial charge on any atom is 0.308 e. The molecule has 0 aliphatic rings. The molecule has 0 amide bonds. The van der Waals surface area contributed by atoms with Gasteiger partial charge >= 0.3 is 5.97 Å². The van der Waals surface area contributed by atoms with Gasteiger partial charge in [0.25, 0.3) is 0 Å². The molecule has 0 fully saturated rings. The van der Waals surface area contributed by atoms with Crippen molar-refractivity contribution in [1.29, 1.82) is 0 Å². The average Bonchev–Trinajstić information content (AvgIpc) is 2.68. The molecule has 0 aromatic heterocycles. The van der Waals surface area contributed by atoms with Crippen molar-refractivity contribution in [3.8, 4) is 0 Å². The van der Waals surface area contributed by atoms with Crippen LogP contribution in [0.4, 0.5) is 0 Å². The number of nitrogens with zero attached hydrogens (tertiary/aromatic N) is 1. The Morgan fingerprint density at radius 1 is 0.966 bits per heavy atom. The molecule has 2 aromatic rings. The normalized spacial score (nSPS) is 12.7. The Labute approximate surface area is 174 Å². The van der Waals surface area contributed by atoms with Gasteiger partial charge in [-0.2, -0.15) is 0 Å². The van der Waals surface area contributed by atoms with Gasteiger partial charge in [-0.15, -0.1) is 0 Å². The minimum absolute atomic E-state index is 0.0217. The summed E-state index contributed by atoms with van der Waals surface area (Å²) in [7, 11) is 0. The van der Waals surface area contributed by atoms with Crippen LogP contribution >= 0.6 is 0 Å². The summed E-state index contributed by atoms with van der Waals surface area (Å²) in [5, 5.41) is 10.0. The van der Waals surface area contributed by atoms with E-state index in [1.54, 1.807) is 0 Å². The van der Waals surface area contributed by atoms with Crippen molar-refractivity contribution in [2.75, 3.05) is 19.8 Å². The predicted octanol–water partition coefficient (Wildman–Crippen LogP) is 3.80. The SMILES string of the molecule is CC(C)(C)OC(=O)CCOCC(CO)N(Cc1ccccc1)Cc1ccccc1. The average molecular weight is 400 g/mol. The van der Waals surface area contributed by atoms with Crippen LogP contribution in [0.2, 0.25) is 0 Å². The van der Waals surface area contributed by atoms with Crippen LogP contribution in [0, 0.1) is 0 Å². The molecule has 2 rings (SSSR count). The lowest BCUT2D eigenvalue weighted by molar-refractivity contribution is -0.156. The smallest absolute Gasteiger partial charge is 0.308 e. The van der Waals surface area contributed by atoms with Crippen LogP contribution in [0.25, 0.3) is 0 Å². The Hall–Kier alpha value is -2.21. The monoisotopic (exact) mass is 399 g/mol. The summed E-state index contributed by atoms with van der Waals surface area (Å²) in [4.78, 5) is 14.0. The maximum absolute atomic E-state index is 11.8. The quantitative estimate of drug-likeness (QED) is 0.460. The highest BCUT2D eigenvalue weighted by molar-refractivity contribution is 5.69. The summed E-state index contributed by atoms with van der Waals surface area (Å²) in [5.74, 6) is -0.275. The van der Waals surface area contributed by atoms with Crippen LogP contribution in [-0.2, 0) is 27.4 Å². The Bertz CT molecular complexity index is 671. The Morgan fingerprint density at radius 2 is 1.48 bits per heavy atom. The zero-order valence-corrected chi connectivity index (χ0v) is 17.7. The van der Waals surface area contributed by atoms with Gasteiger partial charge in [0, 0.05) is 13.1 Å². The number of ether oxygens (including phenoxy) is 2. The minimum Gasteiger partial charge on any atom is -0.460 e. The molecule has 1 atom stereocenters. The van der Waals surface area contributed by atoms with Crippen molar-refractivity contribution in [2.45, 2.75) is 51.9 Å². The van der Waals surface area contributed by atoms with Crippen molar-refractivity contribution in [1.82, 2.24) is 4.90 Å². The van der Waals surface area contributed by atoms with Crippen LogP contribution < -0.4 is 0 Å². The highest BCUT2D eigenvalue weighted by atomic mass is 16.6. The van der Waals surface area contributed by atoms with Gasteiger partial charge in [-0.05, 0) is 31.9 Å². The summed E-state index contributed by atoms with van der Waals surface area (Å²) >= 11 is 0. The van der Waals surface area contributed by atoms with Crippen molar-refractivity contribution in [2.24, 2.45) is 0 Å². The van der Waals surface area contributed by atoms with E-state index in [0.29, 0.717) is 19.7 Å². The van der Waals surface area contributed by atoms with E-state index in [0.717, 1.165) is 0 Å². The molecule has 2 aromatic carbocycles. The summed E-state index contributed by atoms with van der Waals surface area (Å²) in [6, 6.07) is 20.2. The Balaban J connectivity index is 1.94. The number of hydrogen-bond acceptors (Lipinski definition) is 5. The summed E-state index contributed by atoms with van der Waals surface area (Å²) in [6.45, 7) is 7.55. The van der Waals surface area contributed by atoms with E-state index in [4.69, 9.17) is 9.47 Å². The number of benzene rings is 2. The number of esters is 1. The number of aliphatic hydroxyl groups excluding tert-OH is 1. The molecule has 1 unspecified atom stereocenters. The molecular weight excluding hydrogens is 366 g/mol. The van der Waals surface area contributed by atoms with Crippen LogP contribution in [-0.4, -0.2) is 47.4 Å². The first-order valence-corrected chi connectivity index (χ1v) is 10.1. The highest BCUT2D eigenvalue weighted by Gasteiger charge is 2.20. The standard InChI is InChI=1S/C24H33NO4/c1-24(2,3)29-23(27)14-15-28-19-22(18-26)25(16-20-10-6-4-7-11-20)17-21-12-8-5-9-13-21/h4-13,22,26H,14-19H2,1-3H3. The lowest BCUT2D eigenvalue weighted by Gasteiger charge is -2.30. The van der Waals surface area contributed by atoms with Crippen LogP contribution in [0.1, 0.15) is 38.3 Å². The Morgan fingerprint density at radius 3 is 1.93 bits per heavy atom. The van der Waals surface area contributed by atoms with Crippen molar-refractivity contribution >= 4 is 5.97 Å². The maximum atomic E-state index is 11.8. The third-order valence-corrected chi connectivity index (χ3v) is 4.36. The summed E-state index contributed by atoms with van der Waals surface area (Å²) in [6.07, 6.45) is 0.201. The molecule has 0 heterocycles. The van der Waals surface area contributed by atoms with E-state index in [2.05, 4.69) is 29.2 Å². The predicted molar refractivity (Wildman–Crippen MR) is 114 cm³/mol.